The Balaban J connectivity index is 0.000000362. The minimum absolute atomic E-state index is 0. The smallest absolute Gasteiger partial charge is 1.00 e. The summed E-state index contributed by atoms with van der Waals surface area (Å²) in [4.78, 5) is 0. The van der Waals surface area contributed by atoms with E-state index in [0.717, 1.165) is 6.42 Å². The summed E-state index contributed by atoms with van der Waals surface area (Å²) in [6.45, 7) is 27.1. The SMILES string of the molecule is CC(C)(C)c1ccc2[cH-]c3ccc(C(C)(C)C)cc3c2c1.CCC1=[C-]C(C)C=C1C(C)(C)C.CC[C](=[Zr+2])c1ccccc1.[Cl-].[Cl-]. The monoisotopic (exact) mass is 718 g/mol. The molecule has 0 aromatic heterocycles. The first-order chi connectivity index (χ1) is 20.0. The molecule has 0 saturated carbocycles. The Labute approximate surface area is 302 Å². The fraction of sp³-hybridized carbons (Fsp3) is 0.429. The molecule has 1 aliphatic rings. The Morgan fingerprint density at radius 1 is 0.711 bits per heavy atom. The molecule has 0 heterocycles. The van der Waals surface area contributed by atoms with Crippen LogP contribution in [-0.4, -0.2) is 3.21 Å². The molecule has 0 fully saturated rings. The van der Waals surface area contributed by atoms with Crippen LogP contribution in [0.3, 0.4) is 0 Å². The summed E-state index contributed by atoms with van der Waals surface area (Å²) in [6.07, 6.45) is 8.13. The Hall–Kier alpha value is -1.66. The molecule has 0 bridgehead atoms. The molecule has 0 nitrogen and oxygen atoms in total. The first-order valence-corrected chi connectivity index (χ1v) is 17.3. The average molecular weight is 721 g/mol. The van der Waals surface area contributed by atoms with E-state index in [9.17, 15) is 0 Å². The van der Waals surface area contributed by atoms with Gasteiger partial charge in [0, 0.05) is 0 Å². The Morgan fingerprint density at radius 2 is 1.18 bits per heavy atom. The molecule has 0 saturated heterocycles. The quantitative estimate of drug-likeness (QED) is 0.221. The molecule has 1 unspecified atom stereocenters. The van der Waals surface area contributed by atoms with E-state index in [1.807, 2.05) is 0 Å². The van der Waals surface area contributed by atoms with E-state index in [2.05, 4.69) is 168 Å². The number of benzene rings is 3. The van der Waals surface area contributed by atoms with Crippen LogP contribution < -0.4 is 24.8 Å². The molecule has 242 valence electrons. The predicted octanol–water partition coefficient (Wildman–Crippen LogP) is 6.23. The van der Waals surface area contributed by atoms with Crippen molar-refractivity contribution in [3.63, 3.8) is 0 Å². The molecular formula is C42H54Cl2Zr-2. The van der Waals surface area contributed by atoms with E-state index in [4.69, 9.17) is 0 Å². The summed E-state index contributed by atoms with van der Waals surface area (Å²) in [7, 11) is 0. The van der Waals surface area contributed by atoms with Crippen LogP contribution in [0.4, 0.5) is 0 Å². The fourth-order valence-corrected chi connectivity index (χ4v) is 5.92. The maximum absolute atomic E-state index is 3.48. The van der Waals surface area contributed by atoms with Gasteiger partial charge in [-0.15, -0.1) is 39.7 Å². The Kier molecular flexibility index (Phi) is 15.6. The van der Waals surface area contributed by atoms with Crippen molar-refractivity contribution in [3.05, 3.63) is 113 Å². The first-order valence-electron chi connectivity index (χ1n) is 16.1. The van der Waals surface area contributed by atoms with Crippen molar-refractivity contribution >= 4 is 24.8 Å². The van der Waals surface area contributed by atoms with Crippen molar-refractivity contribution in [2.45, 2.75) is 107 Å². The van der Waals surface area contributed by atoms with Gasteiger partial charge in [0.2, 0.25) is 0 Å². The summed E-state index contributed by atoms with van der Waals surface area (Å²) >= 11 is 1.54. The third kappa shape index (κ3) is 11.2. The fourth-order valence-electron chi connectivity index (χ4n) is 5.51. The van der Waals surface area contributed by atoms with Gasteiger partial charge in [-0.3, -0.25) is 6.08 Å². The van der Waals surface area contributed by atoms with Gasteiger partial charge in [-0.1, -0.05) is 129 Å². The van der Waals surface area contributed by atoms with E-state index < -0.39 is 0 Å². The van der Waals surface area contributed by atoms with E-state index in [1.54, 1.807) is 3.21 Å². The van der Waals surface area contributed by atoms with Gasteiger partial charge in [0.25, 0.3) is 0 Å². The molecular weight excluding hydrogens is 667 g/mol. The molecule has 0 spiro atoms. The van der Waals surface area contributed by atoms with Crippen LogP contribution in [0.5, 0.6) is 0 Å². The molecule has 0 N–H and O–H groups in total. The molecule has 3 heteroatoms. The zero-order valence-electron chi connectivity index (χ0n) is 29.8. The third-order valence-corrected chi connectivity index (χ3v) is 9.80. The van der Waals surface area contributed by atoms with Gasteiger partial charge in [-0.25, -0.2) is 5.57 Å². The van der Waals surface area contributed by atoms with Crippen molar-refractivity contribution in [1.82, 2.24) is 0 Å². The summed E-state index contributed by atoms with van der Waals surface area (Å²) < 4.78 is 1.55. The normalized spacial score (nSPS) is 14.7. The molecule has 4 aromatic carbocycles. The van der Waals surface area contributed by atoms with E-state index in [1.165, 1.54) is 80.0 Å². The van der Waals surface area contributed by atoms with Gasteiger partial charge in [0.05, 0.1) is 0 Å². The number of hydrogen-bond acceptors (Lipinski definition) is 0. The van der Waals surface area contributed by atoms with Crippen LogP contribution in [0.25, 0.3) is 21.5 Å². The Morgan fingerprint density at radius 3 is 1.53 bits per heavy atom. The van der Waals surface area contributed by atoms with Crippen LogP contribution in [0.1, 0.15) is 113 Å². The van der Waals surface area contributed by atoms with Gasteiger partial charge in [0.15, 0.2) is 0 Å². The van der Waals surface area contributed by atoms with Crippen molar-refractivity contribution in [2.75, 3.05) is 0 Å². The van der Waals surface area contributed by atoms with Crippen molar-refractivity contribution in [1.29, 1.82) is 0 Å². The molecule has 5 rings (SSSR count). The maximum Gasteiger partial charge on any atom is -1.00 e. The van der Waals surface area contributed by atoms with Gasteiger partial charge >= 0.3 is 76.7 Å². The second-order valence-corrected chi connectivity index (χ2v) is 16.5. The molecule has 0 radical (unpaired) electrons. The predicted molar refractivity (Wildman–Crippen MR) is 189 cm³/mol. The minimum atomic E-state index is 0. The molecule has 0 amide bonds. The summed E-state index contributed by atoms with van der Waals surface area (Å²) in [5.74, 6) is 0.522. The topological polar surface area (TPSA) is 0 Å². The van der Waals surface area contributed by atoms with Crippen molar-refractivity contribution < 1.29 is 49.0 Å². The van der Waals surface area contributed by atoms with Crippen LogP contribution in [0, 0.1) is 17.4 Å². The van der Waals surface area contributed by atoms with Crippen LogP contribution >= 0.6 is 0 Å². The molecule has 1 aliphatic carbocycles. The van der Waals surface area contributed by atoms with Gasteiger partial charge in [-0.2, -0.15) is 11.6 Å². The van der Waals surface area contributed by atoms with Gasteiger partial charge in [0.1, 0.15) is 0 Å². The number of allylic oxidation sites excluding steroid dienone is 4. The van der Waals surface area contributed by atoms with E-state index >= 15 is 0 Å². The summed E-state index contributed by atoms with van der Waals surface area (Å²) in [5.41, 5.74) is 7.82. The zero-order valence-corrected chi connectivity index (χ0v) is 33.7. The van der Waals surface area contributed by atoms with Crippen LogP contribution in [0.2, 0.25) is 0 Å². The van der Waals surface area contributed by atoms with E-state index in [0.29, 0.717) is 11.3 Å². The Bertz CT molecular complexity index is 1530. The van der Waals surface area contributed by atoms with E-state index in [-0.39, 0.29) is 35.6 Å². The number of rotatable bonds is 3. The molecule has 1 atom stereocenters. The van der Waals surface area contributed by atoms with Crippen LogP contribution in [-0.2, 0) is 35.1 Å². The second kappa shape index (κ2) is 17.0. The first kappa shape index (κ1) is 41.4. The second-order valence-electron chi connectivity index (χ2n) is 15.0. The van der Waals surface area contributed by atoms with Gasteiger partial charge < -0.3 is 24.8 Å². The summed E-state index contributed by atoms with van der Waals surface area (Å²) in [6, 6.07) is 26.7. The minimum Gasteiger partial charge on any atom is -1.00 e. The van der Waals surface area contributed by atoms with Gasteiger partial charge in [-0.05, 0) is 10.8 Å². The molecule has 45 heavy (non-hydrogen) atoms. The average Bonchev–Trinajstić information content (AvgIpc) is 3.52. The zero-order chi connectivity index (χ0) is 32.2. The largest absolute Gasteiger partial charge is 1.00 e. The number of hydrogen-bond donors (Lipinski definition) is 0. The number of halogens is 2. The standard InChI is InChI=1S/C21H25.C12H19.C9H10.2ClH.Zr/c1-20(2,3)16-9-7-14-11-15-8-10-17(21(4,5)6)13-19(15)18(14)12-16;1-6-10-7-9(2)8-11(10)12(3,4)5;1-2-6-9-7-4-3-5-8-9;;;/h7-13H,1-6H3;8-9H,6H2,1-5H3;3-5,7-8H,2H2,1H3;2*1H;/q2*-1;;;;+2/p-2. The number of fused-ring (bicyclic) bond motifs is 3. The summed E-state index contributed by atoms with van der Waals surface area (Å²) in [5, 5.41) is 5.49. The van der Waals surface area contributed by atoms with Crippen LogP contribution in [0.15, 0.2) is 90.0 Å². The molecule has 0 aliphatic heterocycles. The molecule has 4 aromatic rings. The van der Waals surface area contributed by atoms with Crippen molar-refractivity contribution in [3.8, 4) is 0 Å². The maximum atomic E-state index is 3.48. The third-order valence-electron chi connectivity index (χ3n) is 8.22. The van der Waals surface area contributed by atoms with Crippen molar-refractivity contribution in [2.24, 2.45) is 11.3 Å².